The molecule has 116 valence electrons. The highest BCUT2D eigenvalue weighted by molar-refractivity contribution is 7.96. The quantitative estimate of drug-likeness (QED) is 0.703. The molecule has 0 aromatic carbocycles. The molecule has 1 atom stereocenters. The molecular weight excluding hydrogens is 278 g/mol. The maximum absolute atomic E-state index is 12.5. The molecule has 1 aliphatic heterocycles. The fourth-order valence-electron chi connectivity index (χ4n) is 2.23. The van der Waals surface area contributed by atoms with Crippen LogP contribution in [0.25, 0.3) is 0 Å². The third-order valence-corrected chi connectivity index (χ3v) is 5.76. The zero-order valence-electron chi connectivity index (χ0n) is 12.6. The number of rotatable bonds is 6. The number of hydrogen-bond acceptors (Lipinski definition) is 5. The molecule has 0 amide bonds. The number of hydrogen-bond donors (Lipinski definition) is 0. The van der Waals surface area contributed by atoms with Crippen LogP contribution in [0.5, 0.6) is 0 Å². The average molecular weight is 303 g/mol. The van der Waals surface area contributed by atoms with E-state index in [1.54, 1.807) is 20.0 Å². The van der Waals surface area contributed by atoms with E-state index in [1.165, 1.54) is 13.3 Å². The topological polar surface area (TPSA) is 63.7 Å². The minimum absolute atomic E-state index is 0.190. The molecule has 0 saturated carbocycles. The summed E-state index contributed by atoms with van der Waals surface area (Å²) in [6.07, 6.45) is 5.46. The van der Waals surface area contributed by atoms with E-state index in [-0.39, 0.29) is 6.61 Å². The molecule has 0 aromatic rings. The lowest BCUT2D eigenvalue weighted by Gasteiger charge is -2.26. The number of ether oxygens (including phenoxy) is 1. The van der Waals surface area contributed by atoms with Crippen LogP contribution in [0.4, 0.5) is 0 Å². The molecule has 0 unspecified atom stereocenters. The summed E-state index contributed by atoms with van der Waals surface area (Å²) >= 11 is 0. The van der Waals surface area contributed by atoms with Gasteiger partial charge in [-0.05, 0) is 39.5 Å². The first-order chi connectivity index (χ1) is 9.43. The van der Waals surface area contributed by atoms with E-state index in [0.29, 0.717) is 11.3 Å². The molecule has 0 aromatic heterocycles. The van der Waals surface area contributed by atoms with Crippen LogP contribution in [0.3, 0.4) is 0 Å². The van der Waals surface area contributed by atoms with E-state index < -0.39 is 21.1 Å². The highest BCUT2D eigenvalue weighted by Gasteiger charge is 2.32. The average Bonchev–Trinajstić information content (AvgIpc) is 2.45. The van der Waals surface area contributed by atoms with Gasteiger partial charge < -0.3 is 9.64 Å². The second-order valence-electron chi connectivity index (χ2n) is 4.98. The predicted octanol–water partition coefficient (Wildman–Crippen LogP) is 2.09. The number of nitrogens with zero attached hydrogens (tertiary/aromatic N) is 1. The third kappa shape index (κ3) is 4.23. The van der Waals surface area contributed by atoms with Crippen LogP contribution in [0.15, 0.2) is 11.1 Å². The van der Waals surface area contributed by atoms with Gasteiger partial charge in [-0.2, -0.15) is 0 Å². The van der Waals surface area contributed by atoms with Crippen molar-refractivity contribution >= 4 is 15.8 Å². The summed E-state index contributed by atoms with van der Waals surface area (Å²) in [5.41, 5.74) is 0. The van der Waals surface area contributed by atoms with Crippen LogP contribution in [0.1, 0.15) is 46.5 Å². The van der Waals surface area contributed by atoms with E-state index in [1.807, 2.05) is 4.90 Å². The van der Waals surface area contributed by atoms with Crippen molar-refractivity contribution in [3.05, 3.63) is 11.1 Å². The second kappa shape index (κ2) is 7.67. The first-order valence-corrected chi connectivity index (χ1v) is 8.83. The van der Waals surface area contributed by atoms with Gasteiger partial charge in [0.05, 0.1) is 11.5 Å². The second-order valence-corrected chi connectivity index (χ2v) is 7.31. The van der Waals surface area contributed by atoms with Gasteiger partial charge in [-0.3, -0.25) is 4.79 Å². The number of carbonyl (C=O) groups is 1. The minimum Gasteiger partial charge on any atom is -0.465 e. The van der Waals surface area contributed by atoms with Gasteiger partial charge >= 0.3 is 5.97 Å². The Labute approximate surface area is 121 Å². The predicted molar refractivity (Wildman–Crippen MR) is 78.8 cm³/mol. The molecule has 0 aliphatic carbocycles. The van der Waals surface area contributed by atoms with Crippen LogP contribution >= 0.6 is 0 Å². The van der Waals surface area contributed by atoms with Crippen LogP contribution in [-0.2, 0) is 19.4 Å². The Hall–Kier alpha value is -1.04. The van der Waals surface area contributed by atoms with E-state index in [0.717, 1.165) is 25.9 Å². The smallest absolute Gasteiger partial charge is 0.324 e. The Morgan fingerprint density at radius 1 is 1.25 bits per heavy atom. The van der Waals surface area contributed by atoms with Crippen molar-refractivity contribution in [3.8, 4) is 0 Å². The molecule has 1 saturated heterocycles. The van der Waals surface area contributed by atoms with Gasteiger partial charge in [-0.15, -0.1) is 0 Å². The fourth-order valence-corrected chi connectivity index (χ4v) is 3.70. The molecule has 1 rings (SSSR count). The number of sulfone groups is 1. The largest absolute Gasteiger partial charge is 0.465 e. The lowest BCUT2D eigenvalue weighted by molar-refractivity contribution is -0.142. The van der Waals surface area contributed by atoms with E-state index in [2.05, 4.69) is 0 Å². The highest BCUT2D eigenvalue weighted by Crippen LogP contribution is 2.20. The number of likely N-dealkylation sites (tertiary alicyclic amines) is 1. The molecule has 5 nitrogen and oxygen atoms in total. The Morgan fingerprint density at radius 3 is 2.35 bits per heavy atom. The highest BCUT2D eigenvalue weighted by atomic mass is 32.2. The summed E-state index contributed by atoms with van der Waals surface area (Å²) in [4.78, 5) is 14.0. The van der Waals surface area contributed by atoms with Crippen LogP contribution in [-0.4, -0.2) is 44.2 Å². The monoisotopic (exact) mass is 303 g/mol. The fraction of sp³-hybridized carbons (Fsp3) is 0.786. The standard InChI is InChI=1S/C14H25NO4S/c1-4-13(11-15-9-7-6-8-10-15)20(17,18)12(3)14(16)19-5-2/h11-12H,4-10H2,1-3H3/b13-11+/t12-/m1/s1. The molecule has 6 heteroatoms. The minimum atomic E-state index is -3.63. The van der Waals surface area contributed by atoms with Crippen molar-refractivity contribution in [2.75, 3.05) is 19.7 Å². The Bertz CT molecular complexity index is 450. The van der Waals surface area contributed by atoms with Crippen molar-refractivity contribution in [3.63, 3.8) is 0 Å². The summed E-state index contributed by atoms with van der Waals surface area (Å²) in [6.45, 7) is 6.81. The summed E-state index contributed by atoms with van der Waals surface area (Å²) in [5.74, 6) is -0.675. The van der Waals surface area contributed by atoms with E-state index in [9.17, 15) is 13.2 Å². The van der Waals surface area contributed by atoms with Crippen LogP contribution in [0, 0.1) is 0 Å². The van der Waals surface area contributed by atoms with Crippen molar-refractivity contribution < 1.29 is 17.9 Å². The van der Waals surface area contributed by atoms with Crippen LogP contribution in [0.2, 0.25) is 0 Å². The molecule has 0 N–H and O–H groups in total. The maximum atomic E-state index is 12.5. The molecule has 1 aliphatic rings. The molecule has 1 heterocycles. The van der Waals surface area contributed by atoms with E-state index >= 15 is 0 Å². The Balaban J connectivity index is 2.90. The normalized spacial score (nSPS) is 18.8. The van der Waals surface area contributed by atoms with Gasteiger partial charge in [0.15, 0.2) is 15.1 Å². The molecule has 1 fully saturated rings. The zero-order valence-corrected chi connectivity index (χ0v) is 13.4. The molecule has 20 heavy (non-hydrogen) atoms. The number of esters is 1. The Kier molecular flexibility index (Phi) is 6.52. The van der Waals surface area contributed by atoms with E-state index in [4.69, 9.17) is 4.74 Å². The lowest BCUT2D eigenvalue weighted by Crippen LogP contribution is -2.32. The number of piperidine rings is 1. The van der Waals surface area contributed by atoms with Crippen molar-refractivity contribution in [2.45, 2.75) is 51.7 Å². The SMILES string of the molecule is CCOC(=O)[C@@H](C)S(=O)(=O)/C(=C/N1CCCCC1)CC. The van der Waals surface area contributed by atoms with Gasteiger partial charge in [0.25, 0.3) is 0 Å². The molecular formula is C14H25NO4S. The zero-order chi connectivity index (χ0) is 15.2. The number of carbonyl (C=O) groups excluding carboxylic acids is 1. The Morgan fingerprint density at radius 2 is 1.85 bits per heavy atom. The summed E-state index contributed by atoms with van der Waals surface area (Å²) in [5, 5.41) is -1.14. The molecule has 0 radical (unpaired) electrons. The first-order valence-electron chi connectivity index (χ1n) is 7.28. The number of allylic oxidation sites excluding steroid dienone is 1. The van der Waals surface area contributed by atoms with Crippen molar-refractivity contribution in [1.82, 2.24) is 4.90 Å². The van der Waals surface area contributed by atoms with Crippen molar-refractivity contribution in [2.24, 2.45) is 0 Å². The maximum Gasteiger partial charge on any atom is 0.324 e. The van der Waals surface area contributed by atoms with Gasteiger partial charge in [0.1, 0.15) is 0 Å². The van der Waals surface area contributed by atoms with Gasteiger partial charge in [-0.1, -0.05) is 6.92 Å². The van der Waals surface area contributed by atoms with Gasteiger partial charge in [-0.25, -0.2) is 8.42 Å². The lowest BCUT2D eigenvalue weighted by atomic mass is 10.1. The van der Waals surface area contributed by atoms with Gasteiger partial charge in [0, 0.05) is 19.3 Å². The summed E-state index contributed by atoms with van der Waals surface area (Å²) in [7, 11) is -3.63. The van der Waals surface area contributed by atoms with Crippen molar-refractivity contribution in [1.29, 1.82) is 0 Å². The summed E-state index contributed by atoms with van der Waals surface area (Å²) < 4.78 is 29.7. The molecule has 0 spiro atoms. The van der Waals surface area contributed by atoms with Crippen LogP contribution < -0.4 is 0 Å². The summed E-state index contributed by atoms with van der Waals surface area (Å²) in [6, 6.07) is 0. The molecule has 0 bridgehead atoms. The van der Waals surface area contributed by atoms with Gasteiger partial charge in [0.2, 0.25) is 0 Å². The third-order valence-electron chi connectivity index (χ3n) is 3.52. The first kappa shape index (κ1) is 17.0.